The Labute approximate surface area is 116 Å². The number of hydrogen-bond acceptors (Lipinski definition) is 1. The molecule has 0 fully saturated rings. The summed E-state index contributed by atoms with van der Waals surface area (Å²) in [6, 6.07) is 16.4. The second-order valence-corrected chi connectivity index (χ2v) is 4.83. The van der Waals surface area contributed by atoms with Gasteiger partial charge in [0.25, 0.3) is 0 Å². The molecule has 0 spiro atoms. The van der Waals surface area contributed by atoms with E-state index < -0.39 is 5.97 Å². The van der Waals surface area contributed by atoms with Crippen LogP contribution in [0.1, 0.15) is 12.0 Å². The Morgan fingerprint density at radius 2 is 1.85 bits per heavy atom. The molecule has 0 saturated carbocycles. The molecule has 0 aliphatic rings. The summed E-state index contributed by atoms with van der Waals surface area (Å²) in [5, 5.41) is 9.91. The highest BCUT2D eigenvalue weighted by Crippen LogP contribution is 2.26. The maximum absolute atomic E-state index is 10.7. The van der Waals surface area contributed by atoms with Crippen LogP contribution in [0.3, 0.4) is 0 Å². The third-order valence-corrected chi connectivity index (χ3v) is 3.48. The lowest BCUT2D eigenvalue weighted by molar-refractivity contribution is -0.136. The van der Waals surface area contributed by atoms with Crippen molar-refractivity contribution in [3.8, 4) is 11.1 Å². The molecule has 2 N–H and O–H groups in total. The first-order valence-electron chi connectivity index (χ1n) is 6.61. The zero-order valence-electron chi connectivity index (χ0n) is 11.0. The number of carboxylic acid groups (broad SMARTS) is 1. The summed E-state index contributed by atoms with van der Waals surface area (Å²) in [5.41, 5.74) is 4.42. The van der Waals surface area contributed by atoms with Crippen molar-refractivity contribution in [3.05, 3.63) is 60.3 Å². The maximum atomic E-state index is 10.7. The monoisotopic (exact) mass is 265 g/mol. The van der Waals surface area contributed by atoms with Crippen LogP contribution < -0.4 is 0 Å². The number of rotatable bonds is 4. The summed E-state index contributed by atoms with van der Waals surface area (Å²) in [4.78, 5) is 13.9. The second kappa shape index (κ2) is 5.21. The first kappa shape index (κ1) is 12.5. The minimum absolute atomic E-state index is 0.155. The fourth-order valence-electron chi connectivity index (χ4n) is 2.44. The molecular formula is C17H15NO2. The molecule has 0 radical (unpaired) electrons. The summed E-state index contributed by atoms with van der Waals surface area (Å²) in [5.74, 6) is -0.765. The van der Waals surface area contributed by atoms with Gasteiger partial charge in [0.1, 0.15) is 0 Å². The van der Waals surface area contributed by atoms with Crippen LogP contribution in [0.5, 0.6) is 0 Å². The number of nitrogens with one attached hydrogen (secondary N) is 1. The van der Waals surface area contributed by atoms with Crippen molar-refractivity contribution in [1.29, 1.82) is 0 Å². The van der Waals surface area contributed by atoms with Gasteiger partial charge >= 0.3 is 5.97 Å². The molecule has 0 amide bonds. The Balaban J connectivity index is 2.01. The maximum Gasteiger partial charge on any atom is 0.303 e. The number of aryl methyl sites for hydroxylation is 1. The van der Waals surface area contributed by atoms with Gasteiger partial charge in [0, 0.05) is 23.5 Å². The molecule has 2 aromatic carbocycles. The fraction of sp³-hybridized carbons (Fsp3) is 0.118. The van der Waals surface area contributed by atoms with Gasteiger partial charge < -0.3 is 10.1 Å². The molecule has 0 saturated heterocycles. The van der Waals surface area contributed by atoms with Crippen LogP contribution in [0.2, 0.25) is 0 Å². The lowest BCUT2D eigenvalue weighted by Gasteiger charge is -2.03. The van der Waals surface area contributed by atoms with Gasteiger partial charge in [-0.05, 0) is 35.2 Å². The molecule has 20 heavy (non-hydrogen) atoms. The SMILES string of the molecule is O=C(O)CCc1c[nH]c2ccc(-c3ccccc3)cc12. The topological polar surface area (TPSA) is 53.1 Å². The number of benzene rings is 2. The Bertz CT molecular complexity index is 744. The molecule has 3 nitrogen and oxygen atoms in total. The predicted octanol–water partition coefficient (Wildman–Crippen LogP) is 3.85. The van der Waals surface area contributed by atoms with Gasteiger partial charge in [0.15, 0.2) is 0 Å². The molecule has 0 atom stereocenters. The van der Waals surface area contributed by atoms with Gasteiger partial charge in [0.05, 0.1) is 0 Å². The van der Waals surface area contributed by atoms with E-state index in [1.165, 1.54) is 5.56 Å². The first-order chi connectivity index (χ1) is 9.74. The smallest absolute Gasteiger partial charge is 0.303 e. The summed E-state index contributed by atoms with van der Waals surface area (Å²) in [6.07, 6.45) is 2.61. The minimum atomic E-state index is -0.765. The van der Waals surface area contributed by atoms with Gasteiger partial charge in [-0.3, -0.25) is 4.79 Å². The lowest BCUT2D eigenvalue weighted by atomic mass is 10.0. The Kier molecular flexibility index (Phi) is 3.25. The minimum Gasteiger partial charge on any atom is -0.481 e. The van der Waals surface area contributed by atoms with Crippen LogP contribution in [0.4, 0.5) is 0 Å². The Morgan fingerprint density at radius 1 is 1.05 bits per heavy atom. The fourth-order valence-corrected chi connectivity index (χ4v) is 2.44. The Hall–Kier alpha value is -2.55. The highest BCUT2D eigenvalue weighted by atomic mass is 16.4. The van der Waals surface area contributed by atoms with E-state index in [4.69, 9.17) is 5.11 Å². The van der Waals surface area contributed by atoms with Crippen molar-refractivity contribution < 1.29 is 9.90 Å². The summed E-state index contributed by atoms with van der Waals surface area (Å²) in [7, 11) is 0. The van der Waals surface area contributed by atoms with E-state index in [9.17, 15) is 4.79 Å². The van der Waals surface area contributed by atoms with Crippen molar-refractivity contribution in [2.75, 3.05) is 0 Å². The molecule has 1 heterocycles. The molecule has 0 unspecified atom stereocenters. The quantitative estimate of drug-likeness (QED) is 0.752. The molecule has 0 bridgehead atoms. The van der Waals surface area contributed by atoms with E-state index in [1.54, 1.807) is 0 Å². The normalized spacial score (nSPS) is 10.8. The Morgan fingerprint density at radius 3 is 2.60 bits per heavy atom. The number of aliphatic carboxylic acids is 1. The van der Waals surface area contributed by atoms with E-state index in [2.05, 4.69) is 29.2 Å². The van der Waals surface area contributed by atoms with Crippen LogP contribution in [-0.2, 0) is 11.2 Å². The average Bonchev–Trinajstić information content (AvgIpc) is 2.88. The van der Waals surface area contributed by atoms with Crippen LogP contribution in [-0.4, -0.2) is 16.1 Å². The molecule has 0 aliphatic carbocycles. The van der Waals surface area contributed by atoms with E-state index in [-0.39, 0.29) is 6.42 Å². The molecule has 3 rings (SSSR count). The van der Waals surface area contributed by atoms with Gasteiger partial charge in [-0.1, -0.05) is 36.4 Å². The van der Waals surface area contributed by atoms with Crippen LogP contribution in [0, 0.1) is 0 Å². The van der Waals surface area contributed by atoms with Crippen molar-refractivity contribution in [2.24, 2.45) is 0 Å². The van der Waals surface area contributed by atoms with Gasteiger partial charge in [0.2, 0.25) is 0 Å². The summed E-state index contributed by atoms with van der Waals surface area (Å²) >= 11 is 0. The largest absolute Gasteiger partial charge is 0.481 e. The van der Waals surface area contributed by atoms with E-state index >= 15 is 0 Å². The summed E-state index contributed by atoms with van der Waals surface area (Å²) in [6.45, 7) is 0. The van der Waals surface area contributed by atoms with E-state index in [0.717, 1.165) is 22.0 Å². The van der Waals surface area contributed by atoms with Crippen molar-refractivity contribution >= 4 is 16.9 Å². The standard InChI is InChI=1S/C17H15NO2/c19-17(20)9-7-14-11-18-16-8-6-13(10-15(14)16)12-4-2-1-3-5-12/h1-6,8,10-11,18H,7,9H2,(H,19,20). The van der Waals surface area contributed by atoms with Crippen LogP contribution >= 0.6 is 0 Å². The molecule has 100 valence electrons. The van der Waals surface area contributed by atoms with Crippen LogP contribution in [0.25, 0.3) is 22.0 Å². The third kappa shape index (κ3) is 2.43. The van der Waals surface area contributed by atoms with Crippen molar-refractivity contribution in [3.63, 3.8) is 0 Å². The molecule has 3 aromatic rings. The highest BCUT2D eigenvalue weighted by molar-refractivity contribution is 5.88. The van der Waals surface area contributed by atoms with Gasteiger partial charge in [-0.2, -0.15) is 0 Å². The predicted molar refractivity (Wildman–Crippen MR) is 79.7 cm³/mol. The zero-order valence-corrected chi connectivity index (χ0v) is 11.0. The third-order valence-electron chi connectivity index (χ3n) is 3.48. The first-order valence-corrected chi connectivity index (χ1v) is 6.61. The zero-order chi connectivity index (χ0) is 13.9. The lowest BCUT2D eigenvalue weighted by Crippen LogP contribution is -1.96. The van der Waals surface area contributed by atoms with Crippen molar-refractivity contribution in [2.45, 2.75) is 12.8 Å². The number of hydrogen-bond donors (Lipinski definition) is 2. The van der Waals surface area contributed by atoms with E-state index in [0.29, 0.717) is 6.42 Å². The number of carbonyl (C=O) groups is 1. The number of fused-ring (bicyclic) bond motifs is 1. The van der Waals surface area contributed by atoms with Crippen molar-refractivity contribution in [1.82, 2.24) is 4.98 Å². The molecule has 3 heteroatoms. The summed E-state index contributed by atoms with van der Waals surface area (Å²) < 4.78 is 0. The number of aromatic nitrogens is 1. The van der Waals surface area contributed by atoms with Gasteiger partial charge in [-0.15, -0.1) is 0 Å². The number of carboxylic acids is 1. The number of aromatic amines is 1. The molecule has 0 aliphatic heterocycles. The van der Waals surface area contributed by atoms with E-state index in [1.807, 2.05) is 30.5 Å². The second-order valence-electron chi connectivity index (χ2n) is 4.83. The number of H-pyrrole nitrogens is 1. The molecular weight excluding hydrogens is 250 g/mol. The average molecular weight is 265 g/mol. The highest BCUT2D eigenvalue weighted by Gasteiger charge is 2.07. The molecule has 1 aromatic heterocycles. The van der Waals surface area contributed by atoms with Crippen LogP contribution in [0.15, 0.2) is 54.7 Å². The van der Waals surface area contributed by atoms with Gasteiger partial charge in [-0.25, -0.2) is 0 Å².